The third-order valence-corrected chi connectivity index (χ3v) is 2.91. The number of halogens is 2. The average Bonchev–Trinajstić information content (AvgIpc) is 2.16. The van der Waals surface area contributed by atoms with Crippen molar-refractivity contribution >= 4 is 21.7 Å². The van der Waals surface area contributed by atoms with Gasteiger partial charge in [0.25, 0.3) is 0 Å². The Morgan fingerprint density at radius 3 is 2.75 bits per heavy atom. The smallest absolute Gasteiger partial charge is 0.140 e. The van der Waals surface area contributed by atoms with Crippen molar-refractivity contribution in [1.82, 2.24) is 0 Å². The Labute approximate surface area is 103 Å². The van der Waals surface area contributed by atoms with E-state index in [0.29, 0.717) is 23.0 Å². The van der Waals surface area contributed by atoms with Crippen molar-refractivity contribution < 1.29 is 9.18 Å². The fourth-order valence-corrected chi connectivity index (χ4v) is 2.01. The van der Waals surface area contributed by atoms with Gasteiger partial charge < -0.3 is 5.73 Å². The number of hydrogen-bond acceptors (Lipinski definition) is 2. The quantitative estimate of drug-likeness (QED) is 0.905. The number of hydrogen-bond donors (Lipinski definition) is 1. The Hall–Kier alpha value is -0.740. The molecule has 0 saturated carbocycles. The molecular formula is C12H15BrFNO. The Morgan fingerprint density at radius 1 is 1.50 bits per heavy atom. The maximum absolute atomic E-state index is 13.1. The molecule has 1 aromatic carbocycles. The number of carbonyl (C=O) groups is 1. The highest BCUT2D eigenvalue weighted by Gasteiger charge is 2.13. The molecular weight excluding hydrogens is 273 g/mol. The molecule has 0 radical (unpaired) electrons. The summed E-state index contributed by atoms with van der Waals surface area (Å²) >= 11 is 3.20. The fraction of sp³-hybridized carbons (Fsp3) is 0.417. The van der Waals surface area contributed by atoms with E-state index in [4.69, 9.17) is 5.73 Å². The topological polar surface area (TPSA) is 43.1 Å². The zero-order valence-electron chi connectivity index (χ0n) is 9.17. The Balaban J connectivity index is 2.69. The first-order valence-electron chi connectivity index (χ1n) is 5.20. The summed E-state index contributed by atoms with van der Waals surface area (Å²) in [5, 5.41) is 0. The SMILES string of the molecule is CC(CCN)C(=O)Cc1cc(F)cc(Br)c1. The zero-order chi connectivity index (χ0) is 12.1. The second kappa shape index (κ2) is 6.11. The maximum Gasteiger partial charge on any atom is 0.140 e. The number of carbonyl (C=O) groups excluding carboxylic acids is 1. The van der Waals surface area contributed by atoms with Gasteiger partial charge in [-0.2, -0.15) is 0 Å². The molecule has 0 heterocycles. The number of benzene rings is 1. The van der Waals surface area contributed by atoms with Gasteiger partial charge in [-0.25, -0.2) is 4.39 Å². The molecule has 1 rings (SSSR count). The lowest BCUT2D eigenvalue weighted by Gasteiger charge is -2.09. The number of rotatable bonds is 5. The van der Waals surface area contributed by atoms with Gasteiger partial charge in [-0.1, -0.05) is 22.9 Å². The molecule has 0 saturated heterocycles. The second-order valence-electron chi connectivity index (χ2n) is 3.90. The molecule has 0 aliphatic rings. The molecule has 4 heteroatoms. The van der Waals surface area contributed by atoms with Crippen LogP contribution in [0.2, 0.25) is 0 Å². The molecule has 0 fully saturated rings. The monoisotopic (exact) mass is 287 g/mol. The molecule has 0 aliphatic carbocycles. The van der Waals surface area contributed by atoms with Crippen LogP contribution in [0.3, 0.4) is 0 Å². The van der Waals surface area contributed by atoms with Crippen LogP contribution in [0.4, 0.5) is 4.39 Å². The lowest BCUT2D eigenvalue weighted by atomic mass is 9.97. The number of ketones is 1. The predicted molar refractivity (Wildman–Crippen MR) is 65.6 cm³/mol. The summed E-state index contributed by atoms with van der Waals surface area (Å²) in [6.07, 6.45) is 0.937. The molecule has 16 heavy (non-hydrogen) atoms. The molecule has 0 amide bonds. The van der Waals surface area contributed by atoms with E-state index in [0.717, 1.165) is 0 Å². The highest BCUT2D eigenvalue weighted by molar-refractivity contribution is 9.10. The minimum atomic E-state index is -0.330. The maximum atomic E-state index is 13.1. The van der Waals surface area contributed by atoms with E-state index < -0.39 is 0 Å². The average molecular weight is 288 g/mol. The van der Waals surface area contributed by atoms with E-state index in [9.17, 15) is 9.18 Å². The molecule has 0 aromatic heterocycles. The van der Waals surface area contributed by atoms with Crippen LogP contribution in [0, 0.1) is 11.7 Å². The van der Waals surface area contributed by atoms with Crippen LogP contribution in [-0.4, -0.2) is 12.3 Å². The lowest BCUT2D eigenvalue weighted by molar-refractivity contribution is -0.121. The summed E-state index contributed by atoms with van der Waals surface area (Å²) in [5.74, 6) is -0.293. The van der Waals surface area contributed by atoms with E-state index in [1.54, 1.807) is 6.07 Å². The van der Waals surface area contributed by atoms with Gasteiger partial charge in [0.1, 0.15) is 11.6 Å². The normalized spacial score (nSPS) is 12.5. The number of nitrogens with two attached hydrogens (primary N) is 1. The molecule has 0 bridgehead atoms. The van der Waals surface area contributed by atoms with Crippen molar-refractivity contribution in [1.29, 1.82) is 0 Å². The summed E-state index contributed by atoms with van der Waals surface area (Å²) in [6.45, 7) is 2.35. The van der Waals surface area contributed by atoms with E-state index in [1.165, 1.54) is 12.1 Å². The van der Waals surface area contributed by atoms with Crippen LogP contribution in [0.25, 0.3) is 0 Å². The van der Waals surface area contributed by atoms with Crippen LogP contribution >= 0.6 is 15.9 Å². The molecule has 1 atom stereocenters. The van der Waals surface area contributed by atoms with Gasteiger partial charge in [0.15, 0.2) is 0 Å². The van der Waals surface area contributed by atoms with Gasteiger partial charge in [-0.15, -0.1) is 0 Å². The summed E-state index contributed by atoms with van der Waals surface area (Å²) in [7, 11) is 0. The Kier molecular flexibility index (Phi) is 5.09. The highest BCUT2D eigenvalue weighted by atomic mass is 79.9. The van der Waals surface area contributed by atoms with Crippen LogP contribution in [-0.2, 0) is 11.2 Å². The first-order chi connectivity index (χ1) is 7.52. The summed E-state index contributed by atoms with van der Waals surface area (Å²) in [4.78, 5) is 11.7. The van der Waals surface area contributed by atoms with Crippen LogP contribution in [0.15, 0.2) is 22.7 Å². The zero-order valence-corrected chi connectivity index (χ0v) is 10.8. The third-order valence-electron chi connectivity index (χ3n) is 2.45. The highest BCUT2D eigenvalue weighted by Crippen LogP contribution is 2.17. The van der Waals surface area contributed by atoms with Gasteiger partial charge in [-0.3, -0.25) is 4.79 Å². The van der Waals surface area contributed by atoms with Gasteiger partial charge in [0.2, 0.25) is 0 Å². The van der Waals surface area contributed by atoms with Crippen LogP contribution < -0.4 is 5.73 Å². The summed E-state index contributed by atoms with van der Waals surface area (Å²) in [6, 6.07) is 4.52. The standard InChI is InChI=1S/C12H15BrFNO/c1-8(2-3-15)12(16)6-9-4-10(13)7-11(14)5-9/h4-5,7-8H,2-3,6,15H2,1H3. The molecule has 1 aromatic rings. The van der Waals surface area contributed by atoms with Crippen molar-refractivity contribution in [3.63, 3.8) is 0 Å². The van der Waals surface area contributed by atoms with Gasteiger partial charge in [0.05, 0.1) is 0 Å². The third kappa shape index (κ3) is 4.02. The van der Waals surface area contributed by atoms with E-state index >= 15 is 0 Å². The minimum absolute atomic E-state index is 0.0629. The Bertz CT molecular complexity index is 361. The van der Waals surface area contributed by atoms with Crippen LogP contribution in [0.1, 0.15) is 18.9 Å². The van der Waals surface area contributed by atoms with E-state index in [2.05, 4.69) is 15.9 Å². The van der Waals surface area contributed by atoms with Crippen LogP contribution in [0.5, 0.6) is 0 Å². The van der Waals surface area contributed by atoms with Crippen molar-refractivity contribution in [2.24, 2.45) is 11.7 Å². The van der Waals surface area contributed by atoms with Crippen molar-refractivity contribution in [2.75, 3.05) is 6.54 Å². The van der Waals surface area contributed by atoms with E-state index in [-0.39, 0.29) is 23.9 Å². The van der Waals surface area contributed by atoms with Crippen molar-refractivity contribution in [3.05, 3.63) is 34.1 Å². The van der Waals surface area contributed by atoms with Crippen molar-refractivity contribution in [2.45, 2.75) is 19.8 Å². The number of Topliss-reactive ketones (excluding diaryl/α,β-unsaturated/α-hetero) is 1. The molecule has 0 aliphatic heterocycles. The van der Waals surface area contributed by atoms with Gasteiger partial charge in [0, 0.05) is 16.8 Å². The van der Waals surface area contributed by atoms with Gasteiger partial charge >= 0.3 is 0 Å². The molecule has 2 nitrogen and oxygen atoms in total. The summed E-state index contributed by atoms with van der Waals surface area (Å²) in [5.41, 5.74) is 6.08. The van der Waals surface area contributed by atoms with Gasteiger partial charge in [-0.05, 0) is 36.7 Å². The first kappa shape index (κ1) is 13.3. The Morgan fingerprint density at radius 2 is 2.19 bits per heavy atom. The molecule has 0 spiro atoms. The molecule has 2 N–H and O–H groups in total. The lowest BCUT2D eigenvalue weighted by Crippen LogP contribution is -2.17. The van der Waals surface area contributed by atoms with Crippen molar-refractivity contribution in [3.8, 4) is 0 Å². The predicted octanol–water partition coefficient (Wildman–Crippen LogP) is 2.68. The summed E-state index contributed by atoms with van der Waals surface area (Å²) < 4.78 is 13.7. The molecule has 88 valence electrons. The first-order valence-corrected chi connectivity index (χ1v) is 6.00. The largest absolute Gasteiger partial charge is 0.330 e. The minimum Gasteiger partial charge on any atom is -0.330 e. The van der Waals surface area contributed by atoms with E-state index in [1.807, 2.05) is 6.92 Å². The fourth-order valence-electron chi connectivity index (χ4n) is 1.50. The second-order valence-corrected chi connectivity index (χ2v) is 4.81. The molecule has 1 unspecified atom stereocenters.